The second kappa shape index (κ2) is 6.11. The van der Waals surface area contributed by atoms with Gasteiger partial charge in [0.1, 0.15) is 6.10 Å². The molecule has 0 bridgehead atoms. The molecule has 0 saturated carbocycles. The summed E-state index contributed by atoms with van der Waals surface area (Å²) in [4.78, 5) is 2.20. The molecule has 1 aliphatic heterocycles. The molecule has 1 aromatic rings. The molecule has 0 amide bonds. The van der Waals surface area contributed by atoms with Crippen LogP contribution in [0.3, 0.4) is 0 Å². The second-order valence-corrected chi connectivity index (χ2v) is 6.03. The summed E-state index contributed by atoms with van der Waals surface area (Å²) < 4.78 is 12.4. The van der Waals surface area contributed by atoms with Gasteiger partial charge in [-0.3, -0.25) is 4.90 Å². The van der Waals surface area contributed by atoms with Gasteiger partial charge in [0, 0.05) is 29.5 Å². The molecule has 4 nitrogen and oxygen atoms in total. The first kappa shape index (κ1) is 14.6. The highest BCUT2D eigenvalue weighted by atomic mass is 79.9. The quantitative estimate of drug-likeness (QED) is 0.898. The highest BCUT2D eigenvalue weighted by Gasteiger charge is 2.27. The third-order valence-electron chi connectivity index (χ3n) is 3.15. The maximum atomic E-state index is 9.61. The number of nitrogens with zero attached hydrogens (tertiary/aromatic N) is 1. The Morgan fingerprint density at radius 2 is 2.16 bits per heavy atom. The van der Waals surface area contributed by atoms with E-state index in [4.69, 9.17) is 9.47 Å². The first-order chi connectivity index (χ1) is 8.99. The molecule has 0 aromatic heterocycles. The number of aliphatic hydroxyl groups is 1. The van der Waals surface area contributed by atoms with Crippen molar-refractivity contribution in [2.75, 3.05) is 27.2 Å². The zero-order valence-corrected chi connectivity index (χ0v) is 13.1. The monoisotopic (exact) mass is 329 g/mol. The van der Waals surface area contributed by atoms with Crippen molar-refractivity contribution in [2.45, 2.75) is 25.6 Å². The van der Waals surface area contributed by atoms with Crippen molar-refractivity contribution in [3.63, 3.8) is 0 Å². The van der Waals surface area contributed by atoms with Crippen LogP contribution in [-0.2, 0) is 6.42 Å². The molecule has 0 spiro atoms. The summed E-state index contributed by atoms with van der Waals surface area (Å²) in [6.07, 6.45) is 0.339. The molecule has 1 aliphatic rings. The van der Waals surface area contributed by atoms with Crippen LogP contribution < -0.4 is 9.47 Å². The Hall–Kier alpha value is -0.780. The zero-order valence-electron chi connectivity index (χ0n) is 11.5. The number of methoxy groups -OCH3 is 1. The third-order valence-corrected chi connectivity index (χ3v) is 3.60. The molecular weight excluding hydrogens is 310 g/mol. The van der Waals surface area contributed by atoms with E-state index in [1.165, 1.54) is 0 Å². The van der Waals surface area contributed by atoms with E-state index < -0.39 is 6.10 Å². The number of hydrogen-bond donors (Lipinski definition) is 1. The second-order valence-electron chi connectivity index (χ2n) is 5.11. The van der Waals surface area contributed by atoms with Crippen LogP contribution in [0.5, 0.6) is 11.5 Å². The lowest BCUT2D eigenvalue weighted by Gasteiger charge is -2.36. The molecule has 5 heteroatoms. The number of benzene rings is 1. The van der Waals surface area contributed by atoms with Gasteiger partial charge in [0.25, 0.3) is 0 Å². The number of likely N-dealkylation sites (tertiary alicyclic amines) is 1. The summed E-state index contributed by atoms with van der Waals surface area (Å²) in [5.74, 6) is 1.46. The van der Waals surface area contributed by atoms with Gasteiger partial charge < -0.3 is 14.6 Å². The van der Waals surface area contributed by atoms with Gasteiger partial charge in [0.15, 0.2) is 11.5 Å². The Bertz CT molecular complexity index is 445. The van der Waals surface area contributed by atoms with E-state index >= 15 is 0 Å². The maximum Gasteiger partial charge on any atom is 0.165 e. The summed E-state index contributed by atoms with van der Waals surface area (Å²) in [5, 5.41) is 9.61. The fourth-order valence-corrected chi connectivity index (χ4v) is 2.75. The Labute approximate surface area is 122 Å². The normalized spacial score (nSPS) is 17.9. The lowest BCUT2D eigenvalue weighted by molar-refractivity contribution is 0.0358. The summed E-state index contributed by atoms with van der Waals surface area (Å²) >= 11 is 3.46. The minimum absolute atomic E-state index is 0.202. The van der Waals surface area contributed by atoms with Crippen LogP contribution in [0.25, 0.3) is 0 Å². The fraction of sp³-hybridized carbons (Fsp3) is 0.571. The van der Waals surface area contributed by atoms with Crippen LogP contribution in [-0.4, -0.2) is 49.5 Å². The molecule has 19 heavy (non-hydrogen) atoms. The largest absolute Gasteiger partial charge is 0.493 e. The smallest absolute Gasteiger partial charge is 0.165 e. The van der Waals surface area contributed by atoms with E-state index in [0.717, 1.165) is 28.9 Å². The van der Waals surface area contributed by atoms with Crippen molar-refractivity contribution in [1.82, 2.24) is 4.90 Å². The average molecular weight is 330 g/mol. The lowest BCUT2D eigenvalue weighted by Crippen LogP contribution is -2.51. The van der Waals surface area contributed by atoms with E-state index in [-0.39, 0.29) is 6.10 Å². The average Bonchev–Trinajstić information content (AvgIpc) is 2.28. The van der Waals surface area contributed by atoms with Crippen molar-refractivity contribution in [1.29, 1.82) is 0 Å². The number of ether oxygens (including phenoxy) is 2. The van der Waals surface area contributed by atoms with Gasteiger partial charge in [-0.2, -0.15) is 0 Å². The molecule has 2 rings (SSSR count). The molecule has 1 unspecified atom stereocenters. The van der Waals surface area contributed by atoms with Gasteiger partial charge in [-0.15, -0.1) is 0 Å². The summed E-state index contributed by atoms with van der Waals surface area (Å²) in [6, 6.07) is 3.87. The molecule has 1 aromatic carbocycles. The predicted molar refractivity (Wildman–Crippen MR) is 78.0 cm³/mol. The van der Waals surface area contributed by atoms with E-state index in [2.05, 4.69) is 27.9 Å². The number of hydrogen-bond acceptors (Lipinski definition) is 4. The van der Waals surface area contributed by atoms with Crippen LogP contribution in [0.4, 0.5) is 0 Å². The summed E-state index contributed by atoms with van der Waals surface area (Å²) in [5.41, 5.74) is 0.968. The van der Waals surface area contributed by atoms with Crippen molar-refractivity contribution >= 4 is 15.9 Å². The van der Waals surface area contributed by atoms with E-state index in [1.807, 2.05) is 12.1 Å². The number of likely N-dealkylation sites (N-methyl/N-ethyl adjacent to an activating group) is 1. The lowest BCUT2D eigenvalue weighted by atomic mass is 10.1. The first-order valence-corrected chi connectivity index (χ1v) is 7.18. The van der Waals surface area contributed by atoms with Crippen molar-refractivity contribution in [3.05, 3.63) is 22.2 Å². The molecule has 106 valence electrons. The van der Waals surface area contributed by atoms with Gasteiger partial charge in [0.2, 0.25) is 0 Å². The SMILES string of the molecule is COc1cc(Br)cc(CC(C)O)c1OC1CN(C)C1. The Morgan fingerprint density at radius 3 is 2.68 bits per heavy atom. The number of aliphatic hydroxyl groups excluding tert-OH is 1. The first-order valence-electron chi connectivity index (χ1n) is 6.39. The van der Waals surface area contributed by atoms with Crippen molar-refractivity contribution in [2.24, 2.45) is 0 Å². The maximum absolute atomic E-state index is 9.61. The van der Waals surface area contributed by atoms with Crippen LogP contribution >= 0.6 is 15.9 Å². The van der Waals surface area contributed by atoms with Gasteiger partial charge >= 0.3 is 0 Å². The Balaban J connectivity index is 2.25. The molecule has 1 fully saturated rings. The highest BCUT2D eigenvalue weighted by Crippen LogP contribution is 2.37. The van der Waals surface area contributed by atoms with E-state index in [9.17, 15) is 5.11 Å². The molecule has 1 atom stereocenters. The van der Waals surface area contributed by atoms with Gasteiger partial charge in [-0.05, 0) is 26.1 Å². The Kier molecular flexibility index (Phi) is 4.71. The molecule has 0 aliphatic carbocycles. The topological polar surface area (TPSA) is 41.9 Å². The number of halogens is 1. The molecule has 0 radical (unpaired) electrons. The highest BCUT2D eigenvalue weighted by molar-refractivity contribution is 9.10. The van der Waals surface area contributed by atoms with Crippen molar-refractivity contribution in [3.8, 4) is 11.5 Å². The van der Waals surface area contributed by atoms with Gasteiger partial charge in [-0.25, -0.2) is 0 Å². The van der Waals surface area contributed by atoms with Crippen LogP contribution in [0.1, 0.15) is 12.5 Å². The van der Waals surface area contributed by atoms with E-state index in [1.54, 1.807) is 14.0 Å². The van der Waals surface area contributed by atoms with Crippen molar-refractivity contribution < 1.29 is 14.6 Å². The summed E-state index contributed by atoms with van der Waals surface area (Å²) in [6.45, 7) is 3.62. The fourth-order valence-electron chi connectivity index (χ4n) is 2.26. The molecule has 1 heterocycles. The zero-order chi connectivity index (χ0) is 14.0. The molecular formula is C14H20BrNO3. The Morgan fingerprint density at radius 1 is 1.47 bits per heavy atom. The standard InChI is InChI=1S/C14H20BrNO3/c1-9(17)4-10-5-11(15)6-13(18-3)14(10)19-12-7-16(2)8-12/h5-6,9,12,17H,4,7-8H2,1-3H3. The van der Waals surface area contributed by atoms with Gasteiger partial charge in [0.05, 0.1) is 13.2 Å². The predicted octanol–water partition coefficient (Wildman–Crippen LogP) is 2.07. The van der Waals surface area contributed by atoms with E-state index in [0.29, 0.717) is 12.2 Å². The van der Waals surface area contributed by atoms with Crippen LogP contribution in [0, 0.1) is 0 Å². The third kappa shape index (κ3) is 3.61. The minimum atomic E-state index is -0.412. The summed E-state index contributed by atoms with van der Waals surface area (Å²) in [7, 11) is 3.70. The van der Waals surface area contributed by atoms with Crippen LogP contribution in [0.2, 0.25) is 0 Å². The van der Waals surface area contributed by atoms with Gasteiger partial charge in [-0.1, -0.05) is 15.9 Å². The minimum Gasteiger partial charge on any atom is -0.493 e. The molecule has 1 saturated heterocycles. The number of rotatable bonds is 5. The molecule has 1 N–H and O–H groups in total. The van der Waals surface area contributed by atoms with Crippen LogP contribution in [0.15, 0.2) is 16.6 Å².